The second kappa shape index (κ2) is 11.2. The third-order valence-electron chi connectivity index (χ3n) is 5.39. The Kier molecular flexibility index (Phi) is 8.40. The average Bonchev–Trinajstić information content (AvgIpc) is 3.16. The van der Waals surface area contributed by atoms with E-state index in [1.54, 1.807) is 12.5 Å². The highest BCUT2D eigenvalue weighted by molar-refractivity contribution is 9.10. The molecule has 0 saturated heterocycles. The lowest BCUT2D eigenvalue weighted by atomic mass is 9.89. The van der Waals surface area contributed by atoms with Crippen LogP contribution >= 0.6 is 15.9 Å². The maximum atomic E-state index is 12.3. The molecule has 1 aromatic carbocycles. The van der Waals surface area contributed by atoms with E-state index in [1.807, 2.05) is 35.0 Å². The normalized spacial score (nSPS) is 16.8. The monoisotopic (exact) mass is 448 g/mol. The first kappa shape index (κ1) is 20.9. The number of ether oxygens (including phenoxy) is 2. The summed E-state index contributed by atoms with van der Waals surface area (Å²) in [7, 11) is 0. The van der Waals surface area contributed by atoms with Crippen LogP contribution in [0, 0.1) is 5.92 Å². The molecule has 0 bridgehead atoms. The molecule has 0 radical (unpaired) electrons. The first-order chi connectivity index (χ1) is 13.7. The van der Waals surface area contributed by atoms with E-state index in [2.05, 4.69) is 20.9 Å². The van der Waals surface area contributed by atoms with Crippen LogP contribution < -0.4 is 0 Å². The molecule has 1 saturated carbocycles. The molecule has 0 amide bonds. The molecule has 152 valence electrons. The van der Waals surface area contributed by atoms with E-state index in [0.717, 1.165) is 16.5 Å². The van der Waals surface area contributed by atoms with Gasteiger partial charge in [-0.05, 0) is 30.0 Å². The lowest BCUT2D eigenvalue weighted by molar-refractivity contribution is 0.0139. The number of nitrogens with zero attached hydrogens (tertiary/aromatic N) is 2. The standard InChI is InChI=1S/C22H29BrN2O3/c23-20-10-8-19(9-11-20)21(16-25-14-13-24-17-25)28-22(26)27-15-12-18-6-4-2-1-3-5-7-18/h8-11,13-14,17-18,21H,1-7,12,15-16H2. The van der Waals surface area contributed by atoms with Crippen LogP contribution in [-0.4, -0.2) is 22.3 Å². The van der Waals surface area contributed by atoms with Crippen molar-refractivity contribution in [1.29, 1.82) is 0 Å². The lowest BCUT2D eigenvalue weighted by Crippen LogP contribution is -2.18. The van der Waals surface area contributed by atoms with Gasteiger partial charge in [0.2, 0.25) is 0 Å². The van der Waals surface area contributed by atoms with Crippen molar-refractivity contribution >= 4 is 22.1 Å². The van der Waals surface area contributed by atoms with Gasteiger partial charge in [0.15, 0.2) is 0 Å². The second-order valence-electron chi connectivity index (χ2n) is 7.52. The molecule has 1 aromatic heterocycles. The summed E-state index contributed by atoms with van der Waals surface area (Å²) >= 11 is 3.44. The van der Waals surface area contributed by atoms with Crippen LogP contribution in [0.1, 0.15) is 63.0 Å². The van der Waals surface area contributed by atoms with Gasteiger partial charge in [0.1, 0.15) is 6.10 Å². The maximum absolute atomic E-state index is 12.3. The van der Waals surface area contributed by atoms with E-state index < -0.39 is 12.3 Å². The zero-order valence-electron chi connectivity index (χ0n) is 16.3. The predicted octanol–water partition coefficient (Wildman–Crippen LogP) is 6.29. The smallest absolute Gasteiger partial charge is 0.434 e. The fourth-order valence-electron chi connectivity index (χ4n) is 3.76. The maximum Gasteiger partial charge on any atom is 0.508 e. The number of halogens is 1. The number of rotatable bonds is 7. The summed E-state index contributed by atoms with van der Waals surface area (Å²) in [4.78, 5) is 16.4. The minimum Gasteiger partial charge on any atom is -0.434 e. The van der Waals surface area contributed by atoms with Gasteiger partial charge >= 0.3 is 6.16 Å². The Morgan fingerprint density at radius 3 is 2.54 bits per heavy atom. The Hall–Kier alpha value is -1.82. The fraction of sp³-hybridized carbons (Fsp3) is 0.545. The third-order valence-corrected chi connectivity index (χ3v) is 5.92. The second-order valence-corrected chi connectivity index (χ2v) is 8.43. The van der Waals surface area contributed by atoms with Gasteiger partial charge in [-0.25, -0.2) is 9.78 Å². The van der Waals surface area contributed by atoms with Crippen molar-refractivity contribution in [2.75, 3.05) is 6.61 Å². The van der Waals surface area contributed by atoms with Gasteiger partial charge in [0, 0.05) is 16.9 Å². The van der Waals surface area contributed by atoms with E-state index in [0.29, 0.717) is 19.1 Å². The van der Waals surface area contributed by atoms with Gasteiger partial charge in [-0.1, -0.05) is 73.0 Å². The van der Waals surface area contributed by atoms with Gasteiger partial charge < -0.3 is 14.0 Å². The summed E-state index contributed by atoms with van der Waals surface area (Å²) in [6, 6.07) is 7.79. The van der Waals surface area contributed by atoms with E-state index in [-0.39, 0.29) is 0 Å². The van der Waals surface area contributed by atoms with Crippen LogP contribution in [-0.2, 0) is 16.0 Å². The molecule has 1 aliphatic rings. The van der Waals surface area contributed by atoms with Crippen molar-refractivity contribution in [3.63, 3.8) is 0 Å². The SMILES string of the molecule is O=C(OCCC1CCCCCCC1)OC(Cn1ccnc1)c1ccc(Br)cc1. The number of carbonyl (C=O) groups is 1. The highest BCUT2D eigenvalue weighted by Crippen LogP contribution is 2.25. The first-order valence-electron chi connectivity index (χ1n) is 10.3. The van der Waals surface area contributed by atoms with Crippen molar-refractivity contribution in [1.82, 2.24) is 9.55 Å². The average molecular weight is 449 g/mol. The molecule has 0 spiro atoms. The summed E-state index contributed by atoms with van der Waals surface area (Å²) in [5.74, 6) is 0.668. The Morgan fingerprint density at radius 1 is 1.14 bits per heavy atom. The molecule has 1 atom stereocenters. The van der Waals surface area contributed by atoms with E-state index in [1.165, 1.54) is 44.9 Å². The Balaban J connectivity index is 1.51. The quantitative estimate of drug-likeness (QED) is 0.466. The first-order valence-corrected chi connectivity index (χ1v) is 11.0. The molecule has 28 heavy (non-hydrogen) atoms. The summed E-state index contributed by atoms with van der Waals surface area (Å²) in [6.45, 7) is 0.932. The van der Waals surface area contributed by atoms with E-state index in [4.69, 9.17) is 9.47 Å². The number of benzene rings is 1. The zero-order valence-corrected chi connectivity index (χ0v) is 17.9. The molecular formula is C22H29BrN2O3. The number of carbonyl (C=O) groups excluding carboxylic acids is 1. The summed E-state index contributed by atoms with van der Waals surface area (Å²) in [5.41, 5.74) is 0.925. The summed E-state index contributed by atoms with van der Waals surface area (Å²) in [6.07, 6.45) is 14.3. The molecule has 1 aliphatic carbocycles. The molecule has 3 rings (SSSR count). The molecule has 1 unspecified atom stereocenters. The minimum atomic E-state index is -0.598. The summed E-state index contributed by atoms with van der Waals surface area (Å²) < 4.78 is 14.0. The van der Waals surface area contributed by atoms with E-state index in [9.17, 15) is 4.79 Å². The number of hydrogen-bond donors (Lipinski definition) is 0. The van der Waals surface area contributed by atoms with Gasteiger partial charge in [0.25, 0.3) is 0 Å². The van der Waals surface area contributed by atoms with Crippen molar-refractivity contribution < 1.29 is 14.3 Å². The number of hydrogen-bond acceptors (Lipinski definition) is 4. The van der Waals surface area contributed by atoms with Crippen LogP contribution in [0.25, 0.3) is 0 Å². The van der Waals surface area contributed by atoms with Gasteiger partial charge in [0.05, 0.1) is 19.5 Å². The third kappa shape index (κ3) is 6.97. The molecule has 0 N–H and O–H groups in total. The van der Waals surface area contributed by atoms with Gasteiger partial charge in [-0.2, -0.15) is 0 Å². The highest BCUT2D eigenvalue weighted by Gasteiger charge is 2.19. The predicted molar refractivity (Wildman–Crippen MR) is 112 cm³/mol. The molecule has 1 fully saturated rings. The molecule has 1 heterocycles. The van der Waals surface area contributed by atoms with Crippen molar-refractivity contribution in [3.05, 3.63) is 53.0 Å². The van der Waals surface area contributed by atoms with Crippen LogP contribution in [0.5, 0.6) is 0 Å². The van der Waals surface area contributed by atoms with Crippen LogP contribution in [0.15, 0.2) is 47.5 Å². The molecule has 2 aromatic rings. The topological polar surface area (TPSA) is 53.4 Å². The highest BCUT2D eigenvalue weighted by atomic mass is 79.9. The van der Waals surface area contributed by atoms with Crippen molar-refractivity contribution in [3.8, 4) is 0 Å². The minimum absolute atomic E-state index is 0.420. The Labute approximate surface area is 175 Å². The zero-order chi connectivity index (χ0) is 19.6. The molecular weight excluding hydrogens is 420 g/mol. The van der Waals surface area contributed by atoms with Gasteiger partial charge in [-0.3, -0.25) is 0 Å². The van der Waals surface area contributed by atoms with Crippen molar-refractivity contribution in [2.24, 2.45) is 5.92 Å². The van der Waals surface area contributed by atoms with Crippen LogP contribution in [0.3, 0.4) is 0 Å². The summed E-state index contributed by atoms with van der Waals surface area (Å²) in [5, 5.41) is 0. The Morgan fingerprint density at radius 2 is 1.86 bits per heavy atom. The largest absolute Gasteiger partial charge is 0.508 e. The number of imidazole rings is 1. The fourth-order valence-corrected chi connectivity index (χ4v) is 4.03. The molecule has 0 aliphatic heterocycles. The molecule has 6 heteroatoms. The van der Waals surface area contributed by atoms with E-state index >= 15 is 0 Å². The van der Waals surface area contributed by atoms with Crippen LogP contribution in [0.4, 0.5) is 4.79 Å². The number of aromatic nitrogens is 2. The molecule has 5 nitrogen and oxygen atoms in total. The van der Waals surface area contributed by atoms with Crippen molar-refractivity contribution in [2.45, 2.75) is 64.0 Å². The Bertz CT molecular complexity index is 695. The lowest BCUT2D eigenvalue weighted by Gasteiger charge is -2.21. The van der Waals surface area contributed by atoms with Gasteiger partial charge in [-0.15, -0.1) is 0 Å². The van der Waals surface area contributed by atoms with Crippen LogP contribution in [0.2, 0.25) is 0 Å².